The number of aryl methyl sites for hydroxylation is 1. The van der Waals surface area contributed by atoms with Crippen molar-refractivity contribution >= 4 is 0 Å². The third kappa shape index (κ3) is 1.05. The molecule has 0 saturated carbocycles. The molecule has 60 valence electrons. The van der Waals surface area contributed by atoms with Crippen LogP contribution in [-0.4, -0.2) is 16.1 Å². The molecule has 1 aromatic rings. The van der Waals surface area contributed by atoms with Gasteiger partial charge < -0.3 is 9.88 Å². The average molecular weight is 151 g/mol. The van der Waals surface area contributed by atoms with E-state index in [2.05, 4.69) is 21.8 Å². The Balaban J connectivity index is 2.38. The molecule has 0 atom stereocenters. The molecule has 0 aliphatic carbocycles. The summed E-state index contributed by atoms with van der Waals surface area (Å²) in [6.45, 7) is 5.24. The minimum atomic E-state index is 0.947. The number of fused-ring (bicyclic) bond motifs is 1. The summed E-state index contributed by atoms with van der Waals surface area (Å²) in [4.78, 5) is 4.33. The van der Waals surface area contributed by atoms with Gasteiger partial charge in [0, 0.05) is 31.7 Å². The Hall–Kier alpha value is -0.830. The topological polar surface area (TPSA) is 29.9 Å². The van der Waals surface area contributed by atoms with Gasteiger partial charge in [-0.05, 0) is 6.92 Å². The van der Waals surface area contributed by atoms with Crippen molar-refractivity contribution in [2.24, 2.45) is 0 Å². The lowest BCUT2D eigenvalue weighted by Crippen LogP contribution is -2.24. The first-order valence-corrected chi connectivity index (χ1v) is 4.15. The lowest BCUT2D eigenvalue weighted by molar-refractivity contribution is 0.597. The van der Waals surface area contributed by atoms with E-state index in [1.807, 2.05) is 6.33 Å². The Morgan fingerprint density at radius 1 is 1.73 bits per heavy atom. The maximum atomic E-state index is 4.33. The SMILES string of the molecule is CCn1cnc2c1CCNC2. The second-order valence-electron chi connectivity index (χ2n) is 2.85. The highest BCUT2D eigenvalue weighted by Gasteiger charge is 2.12. The molecule has 0 fully saturated rings. The average Bonchev–Trinajstić information content (AvgIpc) is 2.47. The normalized spacial score (nSPS) is 16.5. The van der Waals surface area contributed by atoms with Crippen molar-refractivity contribution in [1.82, 2.24) is 14.9 Å². The van der Waals surface area contributed by atoms with Gasteiger partial charge in [-0.1, -0.05) is 0 Å². The highest BCUT2D eigenvalue weighted by atomic mass is 15.1. The molecule has 1 aliphatic rings. The van der Waals surface area contributed by atoms with Crippen molar-refractivity contribution in [3.63, 3.8) is 0 Å². The van der Waals surface area contributed by atoms with Crippen LogP contribution in [0.4, 0.5) is 0 Å². The molecular formula is C8H13N3. The molecule has 0 unspecified atom stereocenters. The Labute approximate surface area is 66.4 Å². The summed E-state index contributed by atoms with van der Waals surface area (Å²) in [7, 11) is 0. The van der Waals surface area contributed by atoms with Gasteiger partial charge in [0.05, 0.1) is 12.0 Å². The number of aromatic nitrogens is 2. The van der Waals surface area contributed by atoms with E-state index in [-0.39, 0.29) is 0 Å². The van der Waals surface area contributed by atoms with E-state index in [4.69, 9.17) is 0 Å². The van der Waals surface area contributed by atoms with Crippen LogP contribution in [0, 0.1) is 0 Å². The van der Waals surface area contributed by atoms with E-state index in [9.17, 15) is 0 Å². The molecule has 1 aliphatic heterocycles. The maximum absolute atomic E-state index is 4.33. The van der Waals surface area contributed by atoms with E-state index >= 15 is 0 Å². The number of nitrogens with zero attached hydrogens (tertiary/aromatic N) is 2. The molecule has 0 aromatic carbocycles. The summed E-state index contributed by atoms with van der Waals surface area (Å²) >= 11 is 0. The van der Waals surface area contributed by atoms with E-state index in [1.165, 1.54) is 11.4 Å². The standard InChI is InChI=1S/C8H13N3/c1-2-11-6-10-7-5-9-4-3-8(7)11/h6,9H,2-5H2,1H3. The lowest BCUT2D eigenvalue weighted by Gasteiger charge is -2.13. The number of hydrogen-bond donors (Lipinski definition) is 1. The molecule has 3 nitrogen and oxygen atoms in total. The fourth-order valence-corrected chi connectivity index (χ4v) is 1.57. The summed E-state index contributed by atoms with van der Waals surface area (Å²) in [5.74, 6) is 0. The smallest absolute Gasteiger partial charge is 0.0952 e. The zero-order chi connectivity index (χ0) is 7.68. The number of imidazole rings is 1. The van der Waals surface area contributed by atoms with Crippen LogP contribution in [0.5, 0.6) is 0 Å². The molecule has 11 heavy (non-hydrogen) atoms. The molecule has 2 heterocycles. The molecule has 0 saturated heterocycles. The van der Waals surface area contributed by atoms with Gasteiger partial charge in [-0.25, -0.2) is 4.98 Å². The number of nitrogens with one attached hydrogen (secondary N) is 1. The number of hydrogen-bond acceptors (Lipinski definition) is 2. The summed E-state index contributed by atoms with van der Waals surface area (Å²) in [6.07, 6.45) is 3.07. The van der Waals surface area contributed by atoms with Gasteiger partial charge in [0.15, 0.2) is 0 Å². The molecule has 0 radical (unpaired) electrons. The second-order valence-corrected chi connectivity index (χ2v) is 2.85. The van der Waals surface area contributed by atoms with Gasteiger partial charge in [0.2, 0.25) is 0 Å². The second kappa shape index (κ2) is 2.66. The Bertz CT molecular complexity index is 238. The van der Waals surface area contributed by atoms with Crippen LogP contribution in [0.25, 0.3) is 0 Å². The summed E-state index contributed by atoms with van der Waals surface area (Å²) < 4.78 is 2.23. The Morgan fingerprint density at radius 3 is 3.45 bits per heavy atom. The van der Waals surface area contributed by atoms with Gasteiger partial charge >= 0.3 is 0 Å². The molecular weight excluding hydrogens is 138 g/mol. The van der Waals surface area contributed by atoms with Crippen molar-refractivity contribution in [2.75, 3.05) is 6.54 Å². The van der Waals surface area contributed by atoms with E-state index < -0.39 is 0 Å². The van der Waals surface area contributed by atoms with Crippen LogP contribution in [0.3, 0.4) is 0 Å². The highest BCUT2D eigenvalue weighted by Crippen LogP contribution is 2.11. The van der Waals surface area contributed by atoms with Gasteiger partial charge in [-0.15, -0.1) is 0 Å². The predicted octanol–water partition coefficient (Wildman–Crippen LogP) is 0.549. The summed E-state index contributed by atoms with van der Waals surface area (Å²) in [5.41, 5.74) is 2.66. The van der Waals surface area contributed by atoms with E-state index in [1.54, 1.807) is 0 Å². The van der Waals surface area contributed by atoms with Crippen LogP contribution in [0.2, 0.25) is 0 Å². The highest BCUT2D eigenvalue weighted by molar-refractivity contribution is 5.15. The van der Waals surface area contributed by atoms with Crippen molar-refractivity contribution in [3.05, 3.63) is 17.7 Å². The van der Waals surface area contributed by atoms with Gasteiger partial charge in [-0.3, -0.25) is 0 Å². The van der Waals surface area contributed by atoms with Crippen LogP contribution in [0.1, 0.15) is 18.3 Å². The van der Waals surface area contributed by atoms with Crippen LogP contribution in [0.15, 0.2) is 6.33 Å². The molecule has 3 heteroatoms. The monoisotopic (exact) mass is 151 g/mol. The fourth-order valence-electron chi connectivity index (χ4n) is 1.57. The molecule has 1 N–H and O–H groups in total. The van der Waals surface area contributed by atoms with Crippen LogP contribution in [-0.2, 0) is 19.5 Å². The first kappa shape index (κ1) is 6.85. The van der Waals surface area contributed by atoms with Gasteiger partial charge in [0.1, 0.15) is 0 Å². The minimum absolute atomic E-state index is 0.947. The third-order valence-electron chi connectivity index (χ3n) is 2.20. The predicted molar refractivity (Wildman–Crippen MR) is 43.3 cm³/mol. The van der Waals surface area contributed by atoms with Crippen molar-refractivity contribution in [3.8, 4) is 0 Å². The summed E-state index contributed by atoms with van der Waals surface area (Å²) in [6, 6.07) is 0. The van der Waals surface area contributed by atoms with Crippen molar-refractivity contribution in [1.29, 1.82) is 0 Å². The molecule has 0 amide bonds. The van der Waals surface area contributed by atoms with Gasteiger partial charge in [0.25, 0.3) is 0 Å². The van der Waals surface area contributed by atoms with E-state index in [0.717, 1.165) is 26.1 Å². The van der Waals surface area contributed by atoms with Crippen LogP contribution < -0.4 is 5.32 Å². The lowest BCUT2D eigenvalue weighted by atomic mass is 10.2. The molecule has 0 spiro atoms. The zero-order valence-electron chi connectivity index (χ0n) is 6.80. The molecule has 2 rings (SSSR count). The summed E-state index contributed by atoms with van der Waals surface area (Å²) in [5, 5.41) is 3.30. The van der Waals surface area contributed by atoms with Gasteiger partial charge in [-0.2, -0.15) is 0 Å². The molecule has 0 bridgehead atoms. The first-order chi connectivity index (χ1) is 5.42. The van der Waals surface area contributed by atoms with E-state index in [0.29, 0.717) is 0 Å². The quantitative estimate of drug-likeness (QED) is 0.635. The van der Waals surface area contributed by atoms with Crippen LogP contribution >= 0.6 is 0 Å². The third-order valence-corrected chi connectivity index (χ3v) is 2.20. The Morgan fingerprint density at radius 2 is 2.64 bits per heavy atom. The number of rotatable bonds is 1. The largest absolute Gasteiger partial charge is 0.334 e. The fraction of sp³-hybridized carbons (Fsp3) is 0.625. The first-order valence-electron chi connectivity index (χ1n) is 4.15. The zero-order valence-corrected chi connectivity index (χ0v) is 6.80. The maximum Gasteiger partial charge on any atom is 0.0952 e. The Kier molecular flexibility index (Phi) is 1.66. The molecule has 1 aromatic heterocycles. The van der Waals surface area contributed by atoms with Crippen molar-refractivity contribution < 1.29 is 0 Å². The minimum Gasteiger partial charge on any atom is -0.334 e. The van der Waals surface area contributed by atoms with Crippen molar-refractivity contribution in [2.45, 2.75) is 26.4 Å².